The fraction of sp³-hybridized carbons (Fsp3) is 0.429. The molecule has 0 aliphatic rings. The van der Waals surface area contributed by atoms with Crippen molar-refractivity contribution in [3.63, 3.8) is 0 Å². The van der Waals surface area contributed by atoms with Crippen LogP contribution >= 0.6 is 0 Å². The van der Waals surface area contributed by atoms with Crippen LogP contribution in [0.15, 0.2) is 18.2 Å². The number of carbonyl (C=O) groups excluding carboxylic acids is 1. The van der Waals surface area contributed by atoms with Gasteiger partial charge >= 0.3 is 12.0 Å². The van der Waals surface area contributed by atoms with E-state index >= 15 is 0 Å². The summed E-state index contributed by atoms with van der Waals surface area (Å²) in [6, 6.07) is 4.00. The second-order valence-corrected chi connectivity index (χ2v) is 4.55. The van der Waals surface area contributed by atoms with E-state index in [-0.39, 0.29) is 18.3 Å². The fourth-order valence-electron chi connectivity index (χ4n) is 1.68. The molecule has 110 valence electrons. The number of halogens is 1. The van der Waals surface area contributed by atoms with Gasteiger partial charge in [-0.25, -0.2) is 9.18 Å². The standard InChI is InChI=1S/C14H19FN2O3/c1-10-9-11(6-7-12(10)15)17-14(20)16-8-4-2-3-5-13(18)19/h6-7,9H,2-5,8H2,1H3,(H,18,19)(H2,16,17,20). The molecule has 0 unspecified atom stereocenters. The molecule has 2 amide bonds. The highest BCUT2D eigenvalue weighted by atomic mass is 19.1. The molecule has 0 aromatic heterocycles. The lowest BCUT2D eigenvalue weighted by Gasteiger charge is -2.08. The molecule has 0 atom stereocenters. The number of carboxylic acids is 1. The molecule has 5 nitrogen and oxygen atoms in total. The van der Waals surface area contributed by atoms with E-state index in [0.717, 1.165) is 12.8 Å². The van der Waals surface area contributed by atoms with Gasteiger partial charge in [0.05, 0.1) is 0 Å². The van der Waals surface area contributed by atoms with Gasteiger partial charge in [-0.05, 0) is 43.5 Å². The Kier molecular flexibility index (Phi) is 6.49. The molecule has 0 spiro atoms. The normalized spacial score (nSPS) is 10.1. The minimum atomic E-state index is -0.803. The Morgan fingerprint density at radius 2 is 2.00 bits per heavy atom. The van der Waals surface area contributed by atoms with E-state index in [0.29, 0.717) is 24.2 Å². The predicted molar refractivity (Wildman–Crippen MR) is 74.3 cm³/mol. The molecular formula is C14H19FN2O3. The highest BCUT2D eigenvalue weighted by molar-refractivity contribution is 5.89. The summed E-state index contributed by atoms with van der Waals surface area (Å²) >= 11 is 0. The van der Waals surface area contributed by atoms with Crippen LogP contribution in [0.25, 0.3) is 0 Å². The molecule has 20 heavy (non-hydrogen) atoms. The van der Waals surface area contributed by atoms with Crippen LogP contribution in [0.3, 0.4) is 0 Å². The molecule has 0 aliphatic heterocycles. The number of carboxylic acid groups (broad SMARTS) is 1. The Hall–Kier alpha value is -2.11. The Balaban J connectivity index is 2.20. The number of hydrogen-bond donors (Lipinski definition) is 3. The van der Waals surface area contributed by atoms with Crippen molar-refractivity contribution in [2.45, 2.75) is 32.6 Å². The van der Waals surface area contributed by atoms with E-state index in [4.69, 9.17) is 5.11 Å². The lowest BCUT2D eigenvalue weighted by atomic mass is 10.2. The van der Waals surface area contributed by atoms with Crippen LogP contribution in [0.5, 0.6) is 0 Å². The quantitative estimate of drug-likeness (QED) is 0.673. The van der Waals surface area contributed by atoms with E-state index < -0.39 is 5.97 Å². The largest absolute Gasteiger partial charge is 0.481 e. The number of amides is 2. The zero-order valence-electron chi connectivity index (χ0n) is 11.4. The number of benzene rings is 1. The topological polar surface area (TPSA) is 78.4 Å². The van der Waals surface area contributed by atoms with Crippen molar-refractivity contribution in [1.29, 1.82) is 0 Å². The van der Waals surface area contributed by atoms with Crippen LogP contribution in [0.1, 0.15) is 31.2 Å². The highest BCUT2D eigenvalue weighted by Gasteiger charge is 2.03. The van der Waals surface area contributed by atoms with Gasteiger partial charge in [0, 0.05) is 18.7 Å². The minimum absolute atomic E-state index is 0.154. The first kappa shape index (κ1) is 15.9. The van der Waals surface area contributed by atoms with Crippen LogP contribution in [-0.4, -0.2) is 23.7 Å². The molecule has 1 aromatic rings. The highest BCUT2D eigenvalue weighted by Crippen LogP contribution is 2.13. The van der Waals surface area contributed by atoms with Gasteiger partial charge in [0.15, 0.2) is 0 Å². The number of aryl methyl sites for hydroxylation is 1. The van der Waals surface area contributed by atoms with Crippen molar-refractivity contribution in [3.05, 3.63) is 29.6 Å². The van der Waals surface area contributed by atoms with E-state index in [1.165, 1.54) is 12.1 Å². The average Bonchev–Trinajstić information content (AvgIpc) is 2.38. The van der Waals surface area contributed by atoms with Crippen LogP contribution < -0.4 is 10.6 Å². The Bertz CT molecular complexity index is 477. The van der Waals surface area contributed by atoms with Crippen LogP contribution in [0.2, 0.25) is 0 Å². The third-order valence-electron chi connectivity index (χ3n) is 2.77. The van der Waals surface area contributed by atoms with Crippen molar-refractivity contribution in [2.75, 3.05) is 11.9 Å². The van der Waals surface area contributed by atoms with Crippen molar-refractivity contribution in [1.82, 2.24) is 5.32 Å². The average molecular weight is 282 g/mol. The zero-order chi connectivity index (χ0) is 15.0. The minimum Gasteiger partial charge on any atom is -0.481 e. The summed E-state index contributed by atoms with van der Waals surface area (Å²) in [6.45, 7) is 2.10. The van der Waals surface area contributed by atoms with E-state index in [2.05, 4.69) is 10.6 Å². The van der Waals surface area contributed by atoms with Crippen LogP contribution in [-0.2, 0) is 4.79 Å². The lowest BCUT2D eigenvalue weighted by molar-refractivity contribution is -0.137. The van der Waals surface area contributed by atoms with E-state index in [1.807, 2.05) is 0 Å². The fourth-order valence-corrected chi connectivity index (χ4v) is 1.68. The number of urea groups is 1. The van der Waals surface area contributed by atoms with Gasteiger partial charge in [0.2, 0.25) is 0 Å². The van der Waals surface area contributed by atoms with Gasteiger partial charge in [-0.3, -0.25) is 4.79 Å². The first-order chi connectivity index (χ1) is 9.49. The van der Waals surface area contributed by atoms with Gasteiger partial charge in [-0.2, -0.15) is 0 Å². The SMILES string of the molecule is Cc1cc(NC(=O)NCCCCCC(=O)O)ccc1F. The lowest BCUT2D eigenvalue weighted by Crippen LogP contribution is -2.29. The summed E-state index contributed by atoms with van der Waals surface area (Å²) in [7, 11) is 0. The Morgan fingerprint density at radius 3 is 2.65 bits per heavy atom. The second-order valence-electron chi connectivity index (χ2n) is 4.55. The molecule has 0 fully saturated rings. The third-order valence-corrected chi connectivity index (χ3v) is 2.77. The molecule has 0 saturated carbocycles. The molecular weight excluding hydrogens is 263 g/mol. The van der Waals surface area contributed by atoms with Crippen molar-refractivity contribution in [3.8, 4) is 0 Å². The summed E-state index contributed by atoms with van der Waals surface area (Å²) in [4.78, 5) is 21.8. The molecule has 3 N–H and O–H groups in total. The molecule has 1 rings (SSSR count). The van der Waals surface area contributed by atoms with Gasteiger partial charge in [0.1, 0.15) is 5.82 Å². The summed E-state index contributed by atoms with van der Waals surface area (Å²) < 4.78 is 13.0. The van der Waals surface area contributed by atoms with Crippen LogP contribution in [0.4, 0.5) is 14.9 Å². The number of nitrogens with one attached hydrogen (secondary N) is 2. The number of hydrogen-bond acceptors (Lipinski definition) is 2. The summed E-state index contributed by atoms with van der Waals surface area (Å²) in [5.41, 5.74) is 1.00. The molecule has 0 aliphatic carbocycles. The van der Waals surface area contributed by atoms with Gasteiger partial charge in [-0.15, -0.1) is 0 Å². The number of unbranched alkanes of at least 4 members (excludes halogenated alkanes) is 2. The summed E-state index contributed by atoms with van der Waals surface area (Å²) in [5.74, 6) is -1.11. The first-order valence-electron chi connectivity index (χ1n) is 6.52. The van der Waals surface area contributed by atoms with Crippen molar-refractivity contribution < 1.29 is 19.1 Å². The van der Waals surface area contributed by atoms with Gasteiger partial charge in [-0.1, -0.05) is 6.42 Å². The molecule has 0 saturated heterocycles. The number of carbonyl (C=O) groups is 2. The molecule has 0 bridgehead atoms. The smallest absolute Gasteiger partial charge is 0.319 e. The summed E-state index contributed by atoms with van der Waals surface area (Å²) in [5, 5.41) is 13.7. The summed E-state index contributed by atoms with van der Waals surface area (Å²) in [6.07, 6.45) is 2.24. The number of rotatable bonds is 7. The molecule has 0 heterocycles. The predicted octanol–water partition coefficient (Wildman–Crippen LogP) is 2.90. The number of aliphatic carboxylic acids is 1. The Morgan fingerprint density at radius 1 is 1.25 bits per heavy atom. The number of anilines is 1. The van der Waals surface area contributed by atoms with E-state index in [9.17, 15) is 14.0 Å². The molecule has 1 aromatic carbocycles. The maximum absolute atomic E-state index is 13.0. The second kappa shape index (κ2) is 8.14. The van der Waals surface area contributed by atoms with Crippen molar-refractivity contribution in [2.24, 2.45) is 0 Å². The van der Waals surface area contributed by atoms with Gasteiger partial charge < -0.3 is 15.7 Å². The Labute approximate surface area is 117 Å². The third kappa shape index (κ3) is 6.17. The first-order valence-corrected chi connectivity index (χ1v) is 6.52. The van der Waals surface area contributed by atoms with E-state index in [1.54, 1.807) is 13.0 Å². The van der Waals surface area contributed by atoms with Crippen molar-refractivity contribution >= 4 is 17.7 Å². The molecule has 6 heteroatoms. The maximum atomic E-state index is 13.0. The van der Waals surface area contributed by atoms with Gasteiger partial charge in [0.25, 0.3) is 0 Å². The monoisotopic (exact) mass is 282 g/mol. The maximum Gasteiger partial charge on any atom is 0.319 e. The zero-order valence-corrected chi connectivity index (χ0v) is 11.4. The molecule has 0 radical (unpaired) electrons. The van der Waals surface area contributed by atoms with Crippen LogP contribution in [0, 0.1) is 12.7 Å².